The quantitative estimate of drug-likeness (QED) is 0.831. The van der Waals surface area contributed by atoms with Gasteiger partial charge in [0, 0.05) is 18.4 Å². The number of carbonyl (C=O) groups excluding carboxylic acids is 1. The van der Waals surface area contributed by atoms with E-state index >= 15 is 0 Å². The first-order chi connectivity index (χ1) is 9.77. The Bertz CT molecular complexity index is 614. The van der Waals surface area contributed by atoms with Gasteiger partial charge in [-0.2, -0.15) is 0 Å². The summed E-state index contributed by atoms with van der Waals surface area (Å²) in [5.74, 6) is 0.231. The number of aromatic nitrogens is 2. The average Bonchev–Trinajstić information content (AvgIpc) is 2.97. The number of nitrogen functional groups attached to an aromatic ring is 1. The highest BCUT2D eigenvalue weighted by Gasteiger charge is 2.21. The van der Waals surface area contributed by atoms with E-state index in [0.717, 1.165) is 25.9 Å². The minimum atomic E-state index is -0.0564. The van der Waals surface area contributed by atoms with Crippen LogP contribution < -0.4 is 11.1 Å². The van der Waals surface area contributed by atoms with Crippen molar-refractivity contribution in [1.82, 2.24) is 14.9 Å². The molecule has 0 radical (unpaired) electrons. The van der Waals surface area contributed by atoms with E-state index in [2.05, 4.69) is 14.9 Å². The molecule has 1 fully saturated rings. The maximum absolute atomic E-state index is 12.6. The van der Waals surface area contributed by atoms with E-state index < -0.39 is 0 Å². The van der Waals surface area contributed by atoms with Crippen molar-refractivity contribution in [3.63, 3.8) is 0 Å². The number of hydrogen-bond acceptors (Lipinski definition) is 4. The molecule has 2 aromatic heterocycles. The predicted octanol–water partition coefficient (Wildman–Crippen LogP) is 1.62. The van der Waals surface area contributed by atoms with Gasteiger partial charge in [0.05, 0.1) is 11.3 Å². The molecule has 0 saturated carbocycles. The summed E-state index contributed by atoms with van der Waals surface area (Å²) >= 11 is 0. The first kappa shape index (κ1) is 12.9. The summed E-state index contributed by atoms with van der Waals surface area (Å²) < 4.78 is 2.08. The Hall–Kier alpha value is -2.14. The zero-order valence-corrected chi connectivity index (χ0v) is 11.2. The molecule has 0 spiro atoms. The van der Waals surface area contributed by atoms with Crippen LogP contribution >= 0.6 is 0 Å². The number of rotatable bonds is 3. The molecule has 0 bridgehead atoms. The second-order valence-electron chi connectivity index (χ2n) is 5.05. The lowest BCUT2D eigenvalue weighted by Crippen LogP contribution is -2.30. The highest BCUT2D eigenvalue weighted by Crippen LogP contribution is 2.23. The molecular weight excluding hydrogens is 252 g/mol. The van der Waals surface area contributed by atoms with Crippen LogP contribution in [0.1, 0.15) is 34.9 Å². The van der Waals surface area contributed by atoms with Gasteiger partial charge in [-0.25, -0.2) is 4.98 Å². The van der Waals surface area contributed by atoms with Crippen LogP contribution in [0.25, 0.3) is 0 Å². The van der Waals surface area contributed by atoms with Crippen LogP contribution in [-0.2, 0) is 0 Å². The number of nitrogens with zero attached hydrogens (tertiary/aromatic N) is 2. The summed E-state index contributed by atoms with van der Waals surface area (Å²) in [5.41, 5.74) is 6.97. The number of pyridine rings is 1. The Morgan fingerprint density at radius 2 is 2.10 bits per heavy atom. The third kappa shape index (κ3) is 2.32. The Labute approximate surface area is 117 Å². The Kier molecular flexibility index (Phi) is 3.52. The van der Waals surface area contributed by atoms with Gasteiger partial charge in [0.1, 0.15) is 5.82 Å². The van der Waals surface area contributed by atoms with Crippen LogP contribution in [0.3, 0.4) is 0 Å². The van der Waals surface area contributed by atoms with Gasteiger partial charge in [-0.15, -0.1) is 0 Å². The monoisotopic (exact) mass is 270 g/mol. The maximum Gasteiger partial charge on any atom is 0.213 e. The molecule has 1 aliphatic rings. The minimum absolute atomic E-state index is 0.0564. The van der Waals surface area contributed by atoms with Gasteiger partial charge in [-0.1, -0.05) is 0 Å². The summed E-state index contributed by atoms with van der Waals surface area (Å²) in [7, 11) is 0. The molecule has 104 valence electrons. The van der Waals surface area contributed by atoms with E-state index in [-0.39, 0.29) is 11.6 Å². The van der Waals surface area contributed by atoms with Gasteiger partial charge in [0.25, 0.3) is 0 Å². The molecule has 0 aromatic carbocycles. The van der Waals surface area contributed by atoms with Crippen LogP contribution in [-0.4, -0.2) is 28.4 Å². The second kappa shape index (κ2) is 5.46. The molecule has 0 aliphatic carbocycles. The molecule has 0 amide bonds. The molecule has 1 aliphatic heterocycles. The molecule has 5 nitrogen and oxygen atoms in total. The van der Waals surface area contributed by atoms with Crippen molar-refractivity contribution in [3.05, 3.63) is 47.9 Å². The first-order valence-corrected chi connectivity index (χ1v) is 6.90. The van der Waals surface area contributed by atoms with E-state index in [0.29, 0.717) is 17.3 Å². The number of nitrogens with two attached hydrogens (primary N) is 1. The smallest absolute Gasteiger partial charge is 0.213 e. The van der Waals surface area contributed by atoms with Gasteiger partial charge in [0.2, 0.25) is 5.78 Å². The van der Waals surface area contributed by atoms with Gasteiger partial charge in [0.15, 0.2) is 0 Å². The van der Waals surface area contributed by atoms with Crippen molar-refractivity contribution in [1.29, 1.82) is 0 Å². The number of anilines is 1. The van der Waals surface area contributed by atoms with E-state index in [9.17, 15) is 4.79 Å². The molecule has 3 N–H and O–H groups in total. The van der Waals surface area contributed by atoms with Crippen LogP contribution in [0.15, 0.2) is 36.7 Å². The summed E-state index contributed by atoms with van der Waals surface area (Å²) in [5, 5.41) is 3.34. The molecule has 3 heterocycles. The van der Waals surface area contributed by atoms with Crippen LogP contribution in [0.2, 0.25) is 0 Å². The molecule has 0 unspecified atom stereocenters. The van der Waals surface area contributed by atoms with E-state index in [4.69, 9.17) is 5.73 Å². The van der Waals surface area contributed by atoms with Crippen LogP contribution in [0.5, 0.6) is 0 Å². The fourth-order valence-electron chi connectivity index (χ4n) is 2.74. The highest BCUT2D eigenvalue weighted by atomic mass is 16.1. The van der Waals surface area contributed by atoms with Crippen molar-refractivity contribution in [2.75, 3.05) is 18.8 Å². The normalized spacial score (nSPS) is 16.2. The van der Waals surface area contributed by atoms with Crippen molar-refractivity contribution in [3.8, 4) is 0 Å². The van der Waals surface area contributed by atoms with Gasteiger partial charge in [-0.3, -0.25) is 4.79 Å². The third-order valence-corrected chi connectivity index (χ3v) is 3.80. The minimum Gasteiger partial charge on any atom is -0.383 e. The SMILES string of the molecule is Nc1ncccc1C(=O)c1cccn1C1CCNCC1. The van der Waals surface area contributed by atoms with Crippen molar-refractivity contribution in [2.24, 2.45) is 0 Å². The lowest BCUT2D eigenvalue weighted by Gasteiger charge is -2.26. The molecule has 20 heavy (non-hydrogen) atoms. The Balaban J connectivity index is 1.93. The predicted molar refractivity (Wildman–Crippen MR) is 77.7 cm³/mol. The lowest BCUT2D eigenvalue weighted by atomic mass is 10.0. The topological polar surface area (TPSA) is 72.9 Å². The molecule has 3 rings (SSSR count). The van der Waals surface area contributed by atoms with E-state index in [1.54, 1.807) is 18.3 Å². The molecule has 5 heteroatoms. The van der Waals surface area contributed by atoms with E-state index in [1.807, 2.05) is 18.3 Å². The largest absolute Gasteiger partial charge is 0.383 e. The Morgan fingerprint density at radius 1 is 1.30 bits per heavy atom. The highest BCUT2D eigenvalue weighted by molar-refractivity contribution is 6.10. The number of hydrogen-bond donors (Lipinski definition) is 2. The number of carbonyl (C=O) groups is 1. The molecular formula is C15H18N4O. The van der Waals surface area contributed by atoms with Gasteiger partial charge in [-0.05, 0) is 50.2 Å². The molecule has 1 saturated heterocycles. The average molecular weight is 270 g/mol. The van der Waals surface area contributed by atoms with Crippen molar-refractivity contribution in [2.45, 2.75) is 18.9 Å². The standard InChI is InChI=1S/C15H18N4O/c16-15-12(3-1-7-18-15)14(20)13-4-2-10-19(13)11-5-8-17-9-6-11/h1-4,7,10-11,17H,5-6,8-9H2,(H2,16,18). The van der Waals surface area contributed by atoms with Crippen molar-refractivity contribution < 1.29 is 4.79 Å². The summed E-state index contributed by atoms with van der Waals surface area (Å²) in [4.78, 5) is 16.6. The van der Waals surface area contributed by atoms with Crippen molar-refractivity contribution >= 4 is 11.6 Å². The zero-order chi connectivity index (χ0) is 13.9. The fourth-order valence-corrected chi connectivity index (χ4v) is 2.74. The molecule has 0 atom stereocenters. The Morgan fingerprint density at radius 3 is 2.85 bits per heavy atom. The zero-order valence-electron chi connectivity index (χ0n) is 11.2. The van der Waals surface area contributed by atoms with Gasteiger partial charge < -0.3 is 15.6 Å². The summed E-state index contributed by atoms with van der Waals surface area (Å²) in [6.07, 6.45) is 5.66. The number of piperidine rings is 1. The number of ketones is 1. The fraction of sp³-hybridized carbons (Fsp3) is 0.333. The molecule has 2 aromatic rings. The first-order valence-electron chi connectivity index (χ1n) is 6.90. The number of nitrogens with one attached hydrogen (secondary N) is 1. The van der Waals surface area contributed by atoms with Crippen LogP contribution in [0.4, 0.5) is 5.82 Å². The van der Waals surface area contributed by atoms with E-state index in [1.165, 1.54) is 0 Å². The second-order valence-corrected chi connectivity index (χ2v) is 5.05. The lowest BCUT2D eigenvalue weighted by molar-refractivity contribution is 0.102. The maximum atomic E-state index is 12.6. The summed E-state index contributed by atoms with van der Waals surface area (Å²) in [6.45, 7) is 1.98. The third-order valence-electron chi connectivity index (χ3n) is 3.80. The van der Waals surface area contributed by atoms with Crippen LogP contribution in [0, 0.1) is 0 Å². The summed E-state index contributed by atoms with van der Waals surface area (Å²) in [6, 6.07) is 7.62. The van der Waals surface area contributed by atoms with Gasteiger partial charge >= 0.3 is 0 Å².